The summed E-state index contributed by atoms with van der Waals surface area (Å²) < 4.78 is 10.4. The number of rotatable bonds is 6. The number of carbonyl (C=O) groups is 3. The van der Waals surface area contributed by atoms with Crippen LogP contribution in [0.2, 0.25) is 5.02 Å². The maximum atomic E-state index is 12.1. The number of para-hydroxylation sites is 2. The number of halogens is 1. The number of esters is 1. The van der Waals surface area contributed by atoms with E-state index in [0.29, 0.717) is 16.3 Å². The van der Waals surface area contributed by atoms with Crippen LogP contribution in [-0.4, -0.2) is 42.9 Å². The van der Waals surface area contributed by atoms with Crippen molar-refractivity contribution in [1.82, 2.24) is 4.90 Å². The molecule has 28 heavy (non-hydrogen) atoms. The van der Waals surface area contributed by atoms with Gasteiger partial charge in [0, 0.05) is 12.4 Å². The zero-order valence-electron chi connectivity index (χ0n) is 15.0. The van der Waals surface area contributed by atoms with Crippen LogP contribution in [0.5, 0.6) is 0 Å². The van der Waals surface area contributed by atoms with Crippen LogP contribution >= 0.6 is 11.6 Å². The van der Waals surface area contributed by atoms with Crippen LogP contribution in [0.25, 0.3) is 11.0 Å². The molecule has 1 aromatic heterocycles. The minimum absolute atomic E-state index is 0.00751. The summed E-state index contributed by atoms with van der Waals surface area (Å²) in [5.41, 5.74) is 1.00. The zero-order chi connectivity index (χ0) is 20.1. The van der Waals surface area contributed by atoms with Crippen molar-refractivity contribution in [3.05, 3.63) is 65.4 Å². The molecular weight excluding hydrogens is 384 g/mol. The van der Waals surface area contributed by atoms with E-state index in [4.69, 9.17) is 20.8 Å². The second kappa shape index (κ2) is 8.58. The first-order valence-corrected chi connectivity index (χ1v) is 8.76. The van der Waals surface area contributed by atoms with Crippen molar-refractivity contribution in [2.45, 2.75) is 0 Å². The predicted molar refractivity (Wildman–Crippen MR) is 104 cm³/mol. The topological polar surface area (TPSA) is 88.9 Å². The van der Waals surface area contributed by atoms with Crippen LogP contribution in [0.4, 0.5) is 5.69 Å². The molecule has 0 aliphatic heterocycles. The van der Waals surface area contributed by atoms with Crippen LogP contribution in [0.15, 0.2) is 59.0 Å². The Morgan fingerprint density at radius 2 is 1.82 bits per heavy atom. The maximum Gasteiger partial charge on any atom is 0.374 e. The Bertz CT molecular complexity index is 997. The maximum absolute atomic E-state index is 12.1. The van der Waals surface area contributed by atoms with E-state index >= 15 is 0 Å². The molecule has 0 aliphatic carbocycles. The molecule has 8 heteroatoms. The van der Waals surface area contributed by atoms with E-state index in [-0.39, 0.29) is 12.3 Å². The molecule has 3 rings (SSSR count). The summed E-state index contributed by atoms with van der Waals surface area (Å²) >= 11 is 5.98. The third-order valence-corrected chi connectivity index (χ3v) is 4.24. The smallest absolute Gasteiger partial charge is 0.374 e. The molecule has 2 amide bonds. The minimum Gasteiger partial charge on any atom is -0.450 e. The monoisotopic (exact) mass is 400 g/mol. The average molecular weight is 401 g/mol. The van der Waals surface area contributed by atoms with Gasteiger partial charge >= 0.3 is 5.97 Å². The minimum atomic E-state index is -0.751. The van der Waals surface area contributed by atoms with Gasteiger partial charge in [-0.3, -0.25) is 9.59 Å². The van der Waals surface area contributed by atoms with E-state index in [9.17, 15) is 14.4 Å². The van der Waals surface area contributed by atoms with Crippen molar-refractivity contribution in [1.29, 1.82) is 0 Å². The Labute approximate surface area is 165 Å². The summed E-state index contributed by atoms with van der Waals surface area (Å²) in [4.78, 5) is 37.4. The van der Waals surface area contributed by atoms with Gasteiger partial charge in [0.25, 0.3) is 5.91 Å². The van der Waals surface area contributed by atoms with E-state index < -0.39 is 24.4 Å². The molecule has 0 saturated heterocycles. The normalized spacial score (nSPS) is 10.5. The number of nitrogens with zero attached hydrogens (tertiary/aromatic N) is 1. The van der Waals surface area contributed by atoms with Crippen LogP contribution < -0.4 is 5.32 Å². The fourth-order valence-corrected chi connectivity index (χ4v) is 2.63. The number of carbonyl (C=O) groups excluding carboxylic acids is 3. The highest BCUT2D eigenvalue weighted by atomic mass is 35.5. The molecule has 0 spiro atoms. The lowest BCUT2D eigenvalue weighted by Gasteiger charge is -2.16. The molecule has 0 unspecified atom stereocenters. The number of nitrogens with one attached hydrogen (secondary N) is 1. The molecule has 0 radical (unpaired) electrons. The van der Waals surface area contributed by atoms with Crippen LogP contribution in [0.1, 0.15) is 10.6 Å². The number of furan rings is 1. The van der Waals surface area contributed by atoms with E-state index in [1.54, 1.807) is 48.5 Å². The van der Waals surface area contributed by atoms with Crippen molar-refractivity contribution >= 4 is 46.0 Å². The number of benzene rings is 2. The largest absolute Gasteiger partial charge is 0.450 e. The Kier molecular flexibility index (Phi) is 5.96. The van der Waals surface area contributed by atoms with Crippen molar-refractivity contribution in [3.63, 3.8) is 0 Å². The zero-order valence-corrected chi connectivity index (χ0v) is 15.7. The standard InChI is InChI=1S/C20H17ClN2O5/c1-23(11-18(24)22-15-8-4-3-7-14(15)21)19(25)12-27-20(26)17-10-13-6-2-5-9-16(13)28-17/h2-10H,11-12H2,1H3,(H,22,24). The fourth-order valence-electron chi connectivity index (χ4n) is 2.45. The molecule has 3 aromatic rings. The number of anilines is 1. The molecule has 0 bridgehead atoms. The van der Waals surface area contributed by atoms with Crippen molar-refractivity contribution in [2.24, 2.45) is 0 Å². The van der Waals surface area contributed by atoms with E-state index in [2.05, 4.69) is 5.32 Å². The predicted octanol–water partition coefficient (Wildman–Crippen LogP) is 3.34. The van der Waals surface area contributed by atoms with Crippen LogP contribution in [0.3, 0.4) is 0 Å². The van der Waals surface area contributed by atoms with Crippen LogP contribution in [0, 0.1) is 0 Å². The quantitative estimate of drug-likeness (QED) is 0.641. The highest BCUT2D eigenvalue weighted by molar-refractivity contribution is 6.33. The van der Waals surface area contributed by atoms with E-state index in [1.165, 1.54) is 7.05 Å². The van der Waals surface area contributed by atoms with Gasteiger partial charge in [-0.2, -0.15) is 0 Å². The molecule has 2 aromatic carbocycles. The number of ether oxygens (including phenoxy) is 1. The first-order valence-electron chi connectivity index (χ1n) is 8.38. The summed E-state index contributed by atoms with van der Waals surface area (Å²) in [6, 6.07) is 15.4. The molecule has 1 heterocycles. The number of hydrogen-bond acceptors (Lipinski definition) is 5. The Balaban J connectivity index is 1.50. The van der Waals surface area contributed by atoms with Gasteiger partial charge in [-0.25, -0.2) is 4.79 Å². The Morgan fingerprint density at radius 3 is 2.57 bits per heavy atom. The molecule has 0 atom stereocenters. The number of likely N-dealkylation sites (N-methyl/N-ethyl adjacent to an activating group) is 1. The van der Waals surface area contributed by atoms with Gasteiger partial charge in [-0.15, -0.1) is 0 Å². The Morgan fingerprint density at radius 1 is 1.11 bits per heavy atom. The highest BCUT2D eigenvalue weighted by Crippen LogP contribution is 2.20. The van der Waals surface area contributed by atoms with Gasteiger partial charge in [-0.05, 0) is 24.3 Å². The second-order valence-corrected chi connectivity index (χ2v) is 6.41. The summed E-state index contributed by atoms with van der Waals surface area (Å²) in [5, 5.41) is 3.77. The van der Waals surface area contributed by atoms with E-state index in [1.807, 2.05) is 6.07 Å². The SMILES string of the molecule is CN(CC(=O)Nc1ccccc1Cl)C(=O)COC(=O)c1cc2ccccc2o1. The molecule has 0 saturated carbocycles. The van der Waals surface area contributed by atoms with Gasteiger partial charge in [0.2, 0.25) is 11.7 Å². The first kappa shape index (κ1) is 19.4. The number of hydrogen-bond donors (Lipinski definition) is 1. The van der Waals surface area contributed by atoms with Crippen molar-refractivity contribution < 1.29 is 23.5 Å². The average Bonchev–Trinajstić information content (AvgIpc) is 3.12. The summed E-state index contributed by atoms with van der Waals surface area (Å²) in [6.07, 6.45) is 0. The molecule has 7 nitrogen and oxygen atoms in total. The third-order valence-electron chi connectivity index (χ3n) is 3.91. The summed E-state index contributed by atoms with van der Waals surface area (Å²) in [5.74, 6) is -1.70. The van der Waals surface area contributed by atoms with Crippen molar-refractivity contribution in [3.8, 4) is 0 Å². The summed E-state index contributed by atoms with van der Waals surface area (Å²) in [6.45, 7) is -0.724. The van der Waals surface area contributed by atoms with Gasteiger partial charge in [0.1, 0.15) is 5.58 Å². The molecular formula is C20H17ClN2O5. The van der Waals surface area contributed by atoms with E-state index in [0.717, 1.165) is 10.3 Å². The first-order chi connectivity index (χ1) is 13.4. The third kappa shape index (κ3) is 4.69. The number of amides is 2. The van der Waals surface area contributed by atoms with Crippen LogP contribution in [-0.2, 0) is 14.3 Å². The Hall–Kier alpha value is -3.32. The summed E-state index contributed by atoms with van der Waals surface area (Å²) in [7, 11) is 1.43. The highest BCUT2D eigenvalue weighted by Gasteiger charge is 2.18. The lowest BCUT2D eigenvalue weighted by atomic mass is 10.2. The molecule has 144 valence electrons. The van der Waals surface area contributed by atoms with Gasteiger partial charge in [0.05, 0.1) is 17.3 Å². The molecule has 0 fully saturated rings. The lowest BCUT2D eigenvalue weighted by molar-refractivity contribution is -0.136. The van der Waals surface area contributed by atoms with Crippen molar-refractivity contribution in [2.75, 3.05) is 25.5 Å². The molecule has 1 N–H and O–H groups in total. The number of fused-ring (bicyclic) bond motifs is 1. The van der Waals surface area contributed by atoms with Gasteiger partial charge < -0.3 is 19.4 Å². The second-order valence-electron chi connectivity index (χ2n) is 6.00. The lowest BCUT2D eigenvalue weighted by Crippen LogP contribution is -2.37. The van der Waals surface area contributed by atoms with Gasteiger partial charge in [-0.1, -0.05) is 41.9 Å². The fraction of sp³-hybridized carbons (Fsp3) is 0.150. The molecule has 0 aliphatic rings. The van der Waals surface area contributed by atoms with Gasteiger partial charge in [0.15, 0.2) is 6.61 Å².